The number of carbonyl (C=O) groups is 4. The lowest BCUT2D eigenvalue weighted by molar-refractivity contribution is -0.157. The van der Waals surface area contributed by atoms with Gasteiger partial charge in [0, 0.05) is 25.1 Å². The molecule has 3 aliphatic rings. The number of carbonyl (C=O) groups excluding carboxylic acids is 2. The second-order valence-corrected chi connectivity index (χ2v) is 24.0. The molecule has 4 atom stereocenters. The molecular weight excluding hydrogens is 1160 g/mol. The SMILES string of the molecule is C=CCCCCCCCCCC(CCCCCCCCCCC(=O)O)(C(=O)O)C(=O)NCCOCCOCCOCCOCCOCCOCCOCCOCCOCCOCCOCCN1NNC2=C1CC[C@@H]1[C@H](CC2)[C@@H]1COC(=O)CCCCCCCC. The Morgan fingerprint density at radius 3 is 1.33 bits per heavy atom. The van der Waals surface area contributed by atoms with Gasteiger partial charge < -0.3 is 77.8 Å². The quantitative estimate of drug-likeness (QED) is 0.0164. The van der Waals surface area contributed by atoms with Crippen molar-refractivity contribution in [1.29, 1.82) is 0 Å². The van der Waals surface area contributed by atoms with E-state index in [1.165, 1.54) is 43.5 Å². The zero-order valence-electron chi connectivity index (χ0n) is 55.8. The maximum atomic E-state index is 13.6. The standard InChI is InChI=1S/C68H124N4O18/c1-3-5-7-9-11-13-16-20-24-32-68(67(77)78,33-25-21-17-14-12-15-18-22-26-64(73)74)66(76)69-34-36-79-38-40-81-42-44-83-46-48-85-50-52-87-54-56-89-57-55-88-53-51-86-49-47-84-45-43-82-41-39-80-37-35-72-63-31-29-60-59(28-30-62(63)70-71-72)61(60)58-90-65(75)27-23-19-10-8-6-4-2/h3,59-61,70-71H,1,4-58H2,2H3,(H,69,76)(H,73,74)(H,77,78)/t59-,60+,61-,68?/m0/s1. The molecule has 1 heterocycles. The Hall–Kier alpha value is -3.52. The Labute approximate surface area is 541 Å². The van der Waals surface area contributed by atoms with Gasteiger partial charge in [-0.2, -0.15) is 0 Å². The van der Waals surface area contributed by atoms with Gasteiger partial charge in [0.25, 0.3) is 0 Å². The summed E-state index contributed by atoms with van der Waals surface area (Å²) in [4.78, 5) is 49.4. The van der Waals surface area contributed by atoms with Crippen molar-refractivity contribution < 1.29 is 86.2 Å². The summed E-state index contributed by atoms with van der Waals surface area (Å²) < 4.78 is 67.6. The molecule has 0 aromatic carbocycles. The lowest BCUT2D eigenvalue weighted by Crippen LogP contribution is -2.47. The maximum Gasteiger partial charge on any atom is 0.319 e. The molecule has 524 valence electrons. The number of nitrogens with zero attached hydrogens (tertiary/aromatic N) is 1. The minimum Gasteiger partial charge on any atom is -0.481 e. The van der Waals surface area contributed by atoms with E-state index < -0.39 is 23.3 Å². The van der Waals surface area contributed by atoms with Crippen LogP contribution in [-0.4, -0.2) is 204 Å². The van der Waals surface area contributed by atoms with Crippen molar-refractivity contribution >= 4 is 23.8 Å². The molecule has 0 saturated heterocycles. The van der Waals surface area contributed by atoms with E-state index in [1.807, 2.05) is 6.08 Å². The maximum absolute atomic E-state index is 13.6. The van der Waals surface area contributed by atoms with Crippen LogP contribution in [0, 0.1) is 23.2 Å². The largest absolute Gasteiger partial charge is 0.481 e. The summed E-state index contributed by atoms with van der Waals surface area (Å²) in [6, 6.07) is 0. The number of ether oxygens (including phenoxy) is 12. The molecule has 1 aliphatic heterocycles. The highest BCUT2D eigenvalue weighted by atomic mass is 16.6. The summed E-state index contributed by atoms with van der Waals surface area (Å²) in [6.07, 6.45) is 30.1. The van der Waals surface area contributed by atoms with Crippen molar-refractivity contribution in [3.8, 4) is 0 Å². The first kappa shape index (κ1) is 80.7. The molecular formula is C68H124N4O18. The molecule has 1 fully saturated rings. The Kier molecular flexibility index (Phi) is 51.1. The van der Waals surface area contributed by atoms with Crippen LogP contribution >= 0.6 is 0 Å². The van der Waals surface area contributed by atoms with E-state index in [2.05, 4.69) is 34.8 Å². The zero-order chi connectivity index (χ0) is 64.5. The van der Waals surface area contributed by atoms with E-state index in [0.717, 1.165) is 122 Å². The molecule has 1 saturated carbocycles. The molecule has 0 aromatic rings. The number of nitrogens with one attached hydrogen (secondary N) is 3. The summed E-state index contributed by atoms with van der Waals surface area (Å²) in [5, 5.41) is 24.3. The van der Waals surface area contributed by atoms with Crippen LogP contribution in [0.5, 0.6) is 0 Å². The number of hydrogen-bond donors (Lipinski definition) is 5. The number of aliphatic carboxylic acids is 2. The van der Waals surface area contributed by atoms with Gasteiger partial charge in [-0.1, -0.05) is 129 Å². The zero-order valence-corrected chi connectivity index (χ0v) is 55.8. The normalized spacial score (nSPS) is 16.9. The summed E-state index contributed by atoms with van der Waals surface area (Å²) >= 11 is 0. The van der Waals surface area contributed by atoms with Gasteiger partial charge in [-0.25, -0.2) is 0 Å². The number of unbranched alkanes of at least 4 members (excludes halogenated alkanes) is 19. The van der Waals surface area contributed by atoms with Gasteiger partial charge in [-0.15, -0.1) is 12.1 Å². The third-order valence-electron chi connectivity index (χ3n) is 16.9. The van der Waals surface area contributed by atoms with Gasteiger partial charge in [-0.05, 0) is 82.0 Å². The van der Waals surface area contributed by atoms with E-state index >= 15 is 0 Å². The van der Waals surface area contributed by atoms with Crippen molar-refractivity contribution in [2.45, 2.75) is 200 Å². The fourth-order valence-electron chi connectivity index (χ4n) is 11.6. The van der Waals surface area contributed by atoms with Gasteiger partial charge in [0.1, 0.15) is 5.41 Å². The van der Waals surface area contributed by atoms with Gasteiger partial charge in [0.15, 0.2) is 0 Å². The fraction of sp³-hybridized carbons (Fsp3) is 0.882. The van der Waals surface area contributed by atoms with Crippen LogP contribution in [-0.2, 0) is 76.0 Å². The molecule has 2 aliphatic carbocycles. The van der Waals surface area contributed by atoms with Crippen molar-refractivity contribution in [3.05, 3.63) is 24.0 Å². The van der Waals surface area contributed by atoms with Crippen LogP contribution < -0.4 is 16.3 Å². The lowest BCUT2D eigenvalue weighted by Gasteiger charge is -2.28. The number of carboxylic acids is 2. The number of esters is 1. The highest BCUT2D eigenvalue weighted by Crippen LogP contribution is 2.54. The van der Waals surface area contributed by atoms with Crippen LogP contribution in [0.25, 0.3) is 0 Å². The monoisotopic (exact) mass is 1280 g/mol. The number of amides is 1. The van der Waals surface area contributed by atoms with E-state index in [0.29, 0.717) is 202 Å². The van der Waals surface area contributed by atoms with E-state index in [-0.39, 0.29) is 25.5 Å². The average Bonchev–Trinajstić information content (AvgIpc) is 1.63. The van der Waals surface area contributed by atoms with Crippen molar-refractivity contribution in [1.82, 2.24) is 21.3 Å². The summed E-state index contributed by atoms with van der Waals surface area (Å²) in [6.45, 7) is 17.5. The van der Waals surface area contributed by atoms with Crippen LogP contribution in [0.1, 0.15) is 200 Å². The van der Waals surface area contributed by atoms with Crippen LogP contribution in [0.15, 0.2) is 24.0 Å². The number of hydrazine groups is 2. The molecule has 1 amide bonds. The van der Waals surface area contributed by atoms with Crippen molar-refractivity contribution in [2.75, 3.05) is 165 Å². The Morgan fingerprint density at radius 2 is 0.900 bits per heavy atom. The first-order valence-electron chi connectivity index (χ1n) is 35.1. The lowest BCUT2D eigenvalue weighted by atomic mass is 9.76. The van der Waals surface area contributed by atoms with Gasteiger partial charge >= 0.3 is 17.9 Å². The second-order valence-electron chi connectivity index (χ2n) is 24.0. The number of hydrogen-bond acceptors (Lipinski definition) is 19. The second kappa shape index (κ2) is 57.0. The minimum absolute atomic E-state index is 0.0246. The number of fused-ring (bicyclic) bond motifs is 1. The van der Waals surface area contributed by atoms with Crippen LogP contribution in [0.2, 0.25) is 0 Å². The van der Waals surface area contributed by atoms with Crippen molar-refractivity contribution in [3.63, 3.8) is 0 Å². The number of allylic oxidation sites excluding steroid dienone is 3. The van der Waals surface area contributed by atoms with Crippen LogP contribution in [0.4, 0.5) is 0 Å². The first-order chi connectivity index (χ1) is 44.2. The Morgan fingerprint density at radius 1 is 0.511 bits per heavy atom. The highest BCUT2D eigenvalue weighted by Gasteiger charge is 2.51. The number of rotatable bonds is 68. The molecule has 1 unspecified atom stereocenters. The predicted octanol–water partition coefficient (Wildman–Crippen LogP) is 10.3. The first-order valence-corrected chi connectivity index (χ1v) is 35.1. The molecule has 0 aromatic heterocycles. The predicted molar refractivity (Wildman–Crippen MR) is 346 cm³/mol. The summed E-state index contributed by atoms with van der Waals surface area (Å²) in [7, 11) is 0. The van der Waals surface area contributed by atoms with Crippen molar-refractivity contribution in [2.24, 2.45) is 23.2 Å². The highest BCUT2D eigenvalue weighted by molar-refractivity contribution is 6.01. The van der Waals surface area contributed by atoms with E-state index in [4.69, 9.17) is 61.9 Å². The fourth-order valence-corrected chi connectivity index (χ4v) is 11.6. The van der Waals surface area contributed by atoms with Gasteiger partial charge in [-0.3, -0.25) is 24.2 Å². The molecule has 22 nitrogen and oxygen atoms in total. The third-order valence-corrected chi connectivity index (χ3v) is 16.9. The molecule has 5 N–H and O–H groups in total. The topological polar surface area (TPSA) is 259 Å². The van der Waals surface area contributed by atoms with Gasteiger partial charge in [0.05, 0.1) is 164 Å². The third kappa shape index (κ3) is 41.2. The smallest absolute Gasteiger partial charge is 0.319 e. The summed E-state index contributed by atoms with van der Waals surface area (Å²) in [5.41, 5.74) is 7.87. The Balaban J connectivity index is 1.01. The molecule has 22 heteroatoms. The summed E-state index contributed by atoms with van der Waals surface area (Å²) in [5.74, 6) is -0.456. The van der Waals surface area contributed by atoms with E-state index in [1.54, 1.807) is 0 Å². The molecule has 90 heavy (non-hydrogen) atoms. The minimum atomic E-state index is -1.46. The molecule has 0 radical (unpaired) electrons. The van der Waals surface area contributed by atoms with Gasteiger partial charge in [0.2, 0.25) is 5.91 Å². The molecule has 3 rings (SSSR count). The molecule has 0 spiro atoms. The van der Waals surface area contributed by atoms with Crippen LogP contribution in [0.3, 0.4) is 0 Å². The molecule has 0 bridgehead atoms. The average molecular weight is 1290 g/mol. The number of carboxylic acid groups (broad SMARTS) is 2. The Bertz CT molecular complexity index is 1820. The van der Waals surface area contributed by atoms with E-state index in [9.17, 15) is 24.3 Å².